The first-order valence-corrected chi connectivity index (χ1v) is 11.5. The van der Waals surface area contributed by atoms with Crippen molar-refractivity contribution in [3.63, 3.8) is 0 Å². The zero-order valence-electron chi connectivity index (χ0n) is 20.3. The van der Waals surface area contributed by atoms with Crippen LogP contribution in [0.4, 0.5) is 29.7 Å². The summed E-state index contributed by atoms with van der Waals surface area (Å²) in [6, 6.07) is 4.39. The van der Waals surface area contributed by atoms with E-state index in [1.807, 2.05) is 0 Å². The fraction of sp³-hybridized carbons (Fsp3) is 0.348. The molecule has 4 amide bonds. The summed E-state index contributed by atoms with van der Waals surface area (Å²) >= 11 is 0. The number of nitrogens with one attached hydrogen (secondary N) is 5. The SMILES string of the molecule is CCOC(=O)NC[C@H]1CN(c2cc(F)c(NCCNC(=O)CNC(=O)c3ccc(=O)[nH]c3)c(F)c2)C(=O)O1. The van der Waals surface area contributed by atoms with E-state index in [1.165, 1.54) is 18.3 Å². The number of alkyl carbamates (subject to hydrolysis) is 1. The van der Waals surface area contributed by atoms with E-state index in [9.17, 15) is 32.8 Å². The summed E-state index contributed by atoms with van der Waals surface area (Å²) in [5.74, 6) is -3.05. The molecule has 38 heavy (non-hydrogen) atoms. The summed E-state index contributed by atoms with van der Waals surface area (Å²) in [4.78, 5) is 61.8. The topological polar surface area (TPSA) is 171 Å². The maximum Gasteiger partial charge on any atom is 0.414 e. The number of H-pyrrole nitrogens is 1. The van der Waals surface area contributed by atoms with Crippen molar-refractivity contribution in [3.8, 4) is 0 Å². The summed E-state index contributed by atoms with van der Waals surface area (Å²) in [5.41, 5.74) is -0.732. The number of anilines is 2. The summed E-state index contributed by atoms with van der Waals surface area (Å²) in [6.45, 7) is 1.33. The van der Waals surface area contributed by atoms with Crippen LogP contribution in [0.25, 0.3) is 0 Å². The number of ether oxygens (including phenoxy) is 2. The Labute approximate surface area is 214 Å². The number of aromatic amines is 1. The molecule has 0 bridgehead atoms. The third-order valence-corrected chi connectivity index (χ3v) is 5.17. The molecule has 1 aliphatic rings. The van der Waals surface area contributed by atoms with Gasteiger partial charge in [0.25, 0.3) is 5.91 Å². The van der Waals surface area contributed by atoms with Crippen LogP contribution in [0.2, 0.25) is 0 Å². The lowest BCUT2D eigenvalue weighted by molar-refractivity contribution is -0.120. The van der Waals surface area contributed by atoms with Crippen LogP contribution in [0.1, 0.15) is 17.3 Å². The fourth-order valence-electron chi connectivity index (χ4n) is 3.37. The molecule has 1 atom stereocenters. The lowest BCUT2D eigenvalue weighted by Crippen LogP contribution is -2.38. The van der Waals surface area contributed by atoms with Crippen molar-refractivity contribution in [2.45, 2.75) is 13.0 Å². The molecule has 2 aromatic rings. The van der Waals surface area contributed by atoms with Gasteiger partial charge in [0, 0.05) is 37.5 Å². The number of carbonyl (C=O) groups excluding carboxylic acids is 4. The lowest BCUT2D eigenvalue weighted by Gasteiger charge is -2.16. The van der Waals surface area contributed by atoms with Crippen LogP contribution in [0.3, 0.4) is 0 Å². The number of halogens is 2. The van der Waals surface area contributed by atoms with Crippen LogP contribution in [-0.2, 0) is 14.3 Å². The second-order valence-corrected chi connectivity index (χ2v) is 7.90. The van der Waals surface area contributed by atoms with Crippen LogP contribution in [0.15, 0.2) is 35.3 Å². The van der Waals surface area contributed by atoms with Gasteiger partial charge in [-0.1, -0.05) is 0 Å². The average Bonchev–Trinajstić information content (AvgIpc) is 3.26. The number of hydrogen-bond donors (Lipinski definition) is 5. The van der Waals surface area contributed by atoms with Gasteiger partial charge in [-0.15, -0.1) is 0 Å². The second-order valence-electron chi connectivity index (χ2n) is 7.90. The Morgan fingerprint density at radius 1 is 1.11 bits per heavy atom. The molecule has 2 heterocycles. The van der Waals surface area contributed by atoms with Gasteiger partial charge < -0.3 is 35.7 Å². The molecule has 13 nitrogen and oxygen atoms in total. The highest BCUT2D eigenvalue weighted by atomic mass is 19.1. The Balaban J connectivity index is 1.44. The zero-order valence-corrected chi connectivity index (χ0v) is 20.3. The number of hydrogen-bond acceptors (Lipinski definition) is 8. The van der Waals surface area contributed by atoms with E-state index >= 15 is 0 Å². The van der Waals surface area contributed by atoms with Gasteiger partial charge in [-0.2, -0.15) is 0 Å². The second kappa shape index (κ2) is 13.0. The Kier molecular flexibility index (Phi) is 9.56. The number of benzene rings is 1. The van der Waals surface area contributed by atoms with Crippen LogP contribution in [0.5, 0.6) is 0 Å². The smallest absolute Gasteiger partial charge is 0.414 e. The summed E-state index contributed by atoms with van der Waals surface area (Å²) in [6.07, 6.45) is -1.03. The maximum absolute atomic E-state index is 14.6. The Morgan fingerprint density at radius 2 is 1.84 bits per heavy atom. The van der Waals surface area contributed by atoms with E-state index in [0.29, 0.717) is 0 Å². The number of carbonyl (C=O) groups is 4. The van der Waals surface area contributed by atoms with Gasteiger partial charge in [-0.3, -0.25) is 19.3 Å². The van der Waals surface area contributed by atoms with Crippen molar-refractivity contribution in [2.24, 2.45) is 0 Å². The standard InChI is InChI=1S/C23H26F2N6O7/c1-2-37-22(35)30-10-15-12-31(23(36)38-15)14-7-16(24)20(17(25)8-14)27-6-5-26-19(33)11-29-21(34)13-3-4-18(32)28-9-13/h3-4,7-9,15,27H,2,5-6,10-12H2,1H3,(H,26,33)(H,28,32)(H,29,34)(H,30,35)/t15-/m0/s1. The molecular weight excluding hydrogens is 510 g/mol. The third-order valence-electron chi connectivity index (χ3n) is 5.17. The van der Waals surface area contributed by atoms with Gasteiger partial charge in [0.05, 0.1) is 37.5 Å². The van der Waals surface area contributed by atoms with Crippen molar-refractivity contribution in [1.29, 1.82) is 0 Å². The van der Waals surface area contributed by atoms with Gasteiger partial charge >= 0.3 is 12.2 Å². The molecule has 1 aromatic carbocycles. The van der Waals surface area contributed by atoms with E-state index in [4.69, 9.17) is 9.47 Å². The van der Waals surface area contributed by atoms with E-state index in [-0.39, 0.29) is 56.1 Å². The highest BCUT2D eigenvalue weighted by Gasteiger charge is 2.33. The van der Waals surface area contributed by atoms with Gasteiger partial charge in [-0.05, 0) is 13.0 Å². The predicted octanol–water partition coefficient (Wildman–Crippen LogP) is 0.683. The Bertz CT molecular complexity index is 1210. The molecule has 3 rings (SSSR count). The van der Waals surface area contributed by atoms with Crippen LogP contribution in [-0.4, -0.2) is 74.4 Å². The molecule has 1 aliphatic heterocycles. The molecule has 1 saturated heterocycles. The van der Waals surface area contributed by atoms with Gasteiger partial charge in [0.2, 0.25) is 11.5 Å². The van der Waals surface area contributed by atoms with Gasteiger partial charge in [0.1, 0.15) is 11.8 Å². The number of pyridine rings is 1. The highest BCUT2D eigenvalue weighted by Crippen LogP contribution is 2.28. The molecule has 0 aliphatic carbocycles. The third kappa shape index (κ3) is 7.65. The molecule has 0 saturated carbocycles. The Hall–Kier alpha value is -4.69. The van der Waals surface area contributed by atoms with Crippen molar-refractivity contribution in [2.75, 3.05) is 49.5 Å². The zero-order chi connectivity index (χ0) is 27.7. The summed E-state index contributed by atoms with van der Waals surface area (Å²) in [5, 5.41) is 9.80. The molecule has 15 heteroatoms. The molecule has 0 radical (unpaired) electrons. The van der Waals surface area contributed by atoms with Crippen molar-refractivity contribution in [1.82, 2.24) is 20.9 Å². The molecule has 0 spiro atoms. The Morgan fingerprint density at radius 3 is 2.50 bits per heavy atom. The molecule has 1 aromatic heterocycles. The van der Waals surface area contributed by atoms with Crippen LogP contribution < -0.4 is 31.7 Å². The highest BCUT2D eigenvalue weighted by molar-refractivity contribution is 5.96. The largest absolute Gasteiger partial charge is 0.450 e. The predicted molar refractivity (Wildman–Crippen MR) is 130 cm³/mol. The first-order chi connectivity index (χ1) is 18.2. The van der Waals surface area contributed by atoms with E-state index in [0.717, 1.165) is 17.0 Å². The van der Waals surface area contributed by atoms with Crippen LogP contribution >= 0.6 is 0 Å². The van der Waals surface area contributed by atoms with Crippen molar-refractivity contribution >= 4 is 35.4 Å². The molecule has 1 fully saturated rings. The molecule has 204 valence electrons. The minimum Gasteiger partial charge on any atom is -0.450 e. The average molecular weight is 536 g/mol. The summed E-state index contributed by atoms with van der Waals surface area (Å²) < 4.78 is 39.0. The number of aromatic nitrogens is 1. The van der Waals surface area contributed by atoms with E-state index in [2.05, 4.69) is 26.3 Å². The minimum absolute atomic E-state index is 0.0123. The fourth-order valence-corrected chi connectivity index (χ4v) is 3.37. The first-order valence-electron chi connectivity index (χ1n) is 11.5. The molecular formula is C23H26F2N6O7. The van der Waals surface area contributed by atoms with Crippen LogP contribution in [0, 0.1) is 11.6 Å². The van der Waals surface area contributed by atoms with Crippen molar-refractivity contribution < 1.29 is 37.4 Å². The van der Waals surface area contributed by atoms with Gasteiger partial charge in [0.15, 0.2) is 11.6 Å². The number of cyclic esters (lactones) is 1. The molecule has 0 unspecified atom stereocenters. The van der Waals surface area contributed by atoms with Gasteiger partial charge in [-0.25, -0.2) is 18.4 Å². The number of amides is 4. The quantitative estimate of drug-likeness (QED) is 0.261. The number of nitrogens with zero attached hydrogens (tertiary/aromatic N) is 1. The lowest BCUT2D eigenvalue weighted by atomic mass is 10.2. The minimum atomic E-state index is -0.972. The van der Waals surface area contributed by atoms with E-state index < -0.39 is 47.4 Å². The summed E-state index contributed by atoms with van der Waals surface area (Å²) in [7, 11) is 0. The molecule has 5 N–H and O–H groups in total. The maximum atomic E-state index is 14.6. The normalized spacial score (nSPS) is 14.4. The van der Waals surface area contributed by atoms with E-state index in [1.54, 1.807) is 6.92 Å². The van der Waals surface area contributed by atoms with Crippen molar-refractivity contribution in [3.05, 3.63) is 58.0 Å². The first kappa shape index (κ1) is 27.9. The number of rotatable bonds is 11. The monoisotopic (exact) mass is 536 g/mol.